The van der Waals surface area contributed by atoms with Gasteiger partial charge in [-0.3, -0.25) is 19.3 Å². The van der Waals surface area contributed by atoms with Crippen molar-refractivity contribution in [3.8, 4) is 11.4 Å². The first-order valence-electron chi connectivity index (χ1n) is 9.36. The van der Waals surface area contributed by atoms with Crippen LogP contribution >= 0.6 is 12.2 Å². The maximum absolute atomic E-state index is 12.9. The topological polar surface area (TPSA) is 99.7 Å². The van der Waals surface area contributed by atoms with Crippen molar-refractivity contribution in [1.82, 2.24) is 29.6 Å². The van der Waals surface area contributed by atoms with Gasteiger partial charge in [-0.2, -0.15) is 5.10 Å². The molecule has 2 heterocycles. The quantitative estimate of drug-likeness (QED) is 0.484. The molecule has 2 N–H and O–H groups in total. The van der Waals surface area contributed by atoms with Gasteiger partial charge in [0.2, 0.25) is 5.91 Å². The number of hydrogen-bond acceptors (Lipinski definition) is 5. The molecule has 0 aliphatic carbocycles. The fourth-order valence-corrected chi connectivity index (χ4v) is 3.44. The molecule has 1 amide bonds. The van der Waals surface area contributed by atoms with E-state index < -0.39 is 0 Å². The number of nitrogens with zero attached hydrogens (tertiary/aromatic N) is 4. The van der Waals surface area contributed by atoms with E-state index in [2.05, 4.69) is 20.2 Å². The van der Waals surface area contributed by atoms with Crippen molar-refractivity contribution in [1.29, 1.82) is 0 Å². The van der Waals surface area contributed by atoms with Gasteiger partial charge in [-0.1, -0.05) is 35.9 Å². The molecule has 0 bridgehead atoms. The third kappa shape index (κ3) is 3.92. The van der Waals surface area contributed by atoms with Crippen LogP contribution in [-0.2, 0) is 17.9 Å². The molecule has 4 rings (SSSR count). The highest BCUT2D eigenvalue weighted by Crippen LogP contribution is 2.19. The first-order chi connectivity index (χ1) is 14.4. The normalized spacial score (nSPS) is 11.0. The van der Waals surface area contributed by atoms with Gasteiger partial charge in [0, 0.05) is 12.6 Å². The van der Waals surface area contributed by atoms with Crippen LogP contribution in [-0.4, -0.2) is 42.6 Å². The molecule has 0 aliphatic heterocycles. The minimum atomic E-state index is -0.227. The van der Waals surface area contributed by atoms with Gasteiger partial charge in [-0.15, -0.1) is 0 Å². The van der Waals surface area contributed by atoms with Gasteiger partial charge in [-0.05, 0) is 37.3 Å². The van der Waals surface area contributed by atoms with E-state index in [1.165, 1.54) is 4.90 Å². The van der Waals surface area contributed by atoms with Crippen molar-refractivity contribution in [3.05, 3.63) is 75.0 Å². The van der Waals surface area contributed by atoms with Gasteiger partial charge in [0.05, 0.1) is 17.4 Å². The number of aromatic amines is 2. The van der Waals surface area contributed by atoms with Gasteiger partial charge in [0.15, 0.2) is 10.6 Å². The summed E-state index contributed by atoms with van der Waals surface area (Å²) in [5, 5.41) is 7.56. The number of para-hydroxylation sites is 1. The van der Waals surface area contributed by atoms with Crippen LogP contribution in [0.2, 0.25) is 0 Å². The molecule has 0 saturated heterocycles. The number of aromatic nitrogens is 5. The largest absolute Gasteiger partial charge is 0.337 e. The zero-order chi connectivity index (χ0) is 21.3. The summed E-state index contributed by atoms with van der Waals surface area (Å²) in [5.74, 6) is 0.837. The molecule has 9 heteroatoms. The molecule has 0 fully saturated rings. The number of rotatable bonds is 5. The van der Waals surface area contributed by atoms with Crippen LogP contribution < -0.4 is 5.56 Å². The van der Waals surface area contributed by atoms with Crippen molar-refractivity contribution in [2.75, 3.05) is 7.05 Å². The third-order valence-electron chi connectivity index (χ3n) is 4.80. The van der Waals surface area contributed by atoms with Crippen molar-refractivity contribution >= 4 is 29.0 Å². The van der Waals surface area contributed by atoms with Crippen LogP contribution in [0, 0.1) is 11.7 Å². The number of carbonyl (C=O) groups is 1. The number of amides is 1. The monoisotopic (exact) mass is 420 g/mol. The number of H-pyrrole nitrogens is 2. The highest BCUT2D eigenvalue weighted by Gasteiger charge is 2.16. The summed E-state index contributed by atoms with van der Waals surface area (Å²) in [6.07, 6.45) is 0. The molecule has 0 saturated carbocycles. The molecule has 0 unspecified atom stereocenters. The lowest BCUT2D eigenvalue weighted by Crippen LogP contribution is -2.31. The summed E-state index contributed by atoms with van der Waals surface area (Å²) in [6, 6.07) is 14.9. The second-order valence-electron chi connectivity index (χ2n) is 7.09. The number of benzene rings is 2. The molecular formula is C21H20N6O2S. The van der Waals surface area contributed by atoms with E-state index in [1.54, 1.807) is 29.8 Å². The number of likely N-dealkylation sites (N-methyl/N-ethyl adjacent to an activating group) is 1. The van der Waals surface area contributed by atoms with E-state index in [4.69, 9.17) is 12.2 Å². The number of aryl methyl sites for hydroxylation is 1. The summed E-state index contributed by atoms with van der Waals surface area (Å²) in [6.45, 7) is 2.18. The molecule has 30 heavy (non-hydrogen) atoms. The average Bonchev–Trinajstić information content (AvgIpc) is 3.08. The maximum Gasteiger partial charge on any atom is 0.258 e. The van der Waals surface area contributed by atoms with Gasteiger partial charge in [0.25, 0.3) is 5.56 Å². The predicted molar refractivity (Wildman–Crippen MR) is 116 cm³/mol. The van der Waals surface area contributed by atoms with E-state index >= 15 is 0 Å². The lowest BCUT2D eigenvalue weighted by Gasteiger charge is -2.17. The Bertz CT molecular complexity index is 1350. The first kappa shape index (κ1) is 19.7. The van der Waals surface area contributed by atoms with Crippen molar-refractivity contribution in [2.24, 2.45) is 0 Å². The fourth-order valence-electron chi connectivity index (χ4n) is 3.25. The van der Waals surface area contributed by atoms with E-state index in [1.807, 2.05) is 37.3 Å². The van der Waals surface area contributed by atoms with E-state index in [0.29, 0.717) is 27.3 Å². The molecule has 4 aromatic rings. The Morgan fingerprint density at radius 3 is 2.80 bits per heavy atom. The Hall–Kier alpha value is -3.59. The molecular weight excluding hydrogens is 400 g/mol. The molecule has 8 nitrogen and oxygen atoms in total. The van der Waals surface area contributed by atoms with Gasteiger partial charge in [0.1, 0.15) is 12.4 Å². The summed E-state index contributed by atoms with van der Waals surface area (Å²) in [5.41, 5.74) is 2.33. The van der Waals surface area contributed by atoms with Gasteiger partial charge < -0.3 is 9.88 Å². The Morgan fingerprint density at radius 1 is 1.20 bits per heavy atom. The minimum Gasteiger partial charge on any atom is -0.337 e. The van der Waals surface area contributed by atoms with E-state index in [-0.39, 0.29) is 24.6 Å². The summed E-state index contributed by atoms with van der Waals surface area (Å²) in [7, 11) is 1.66. The van der Waals surface area contributed by atoms with Crippen LogP contribution in [0.4, 0.5) is 0 Å². The van der Waals surface area contributed by atoms with Crippen molar-refractivity contribution in [2.45, 2.75) is 20.0 Å². The Kier molecular flexibility index (Phi) is 5.28. The number of nitrogens with one attached hydrogen (secondary N) is 2. The SMILES string of the molecule is Cc1cccc(-c2n[nH]c(=S)n2CC(=O)N(C)Cc2nc3ccccc3c(=O)[nH]2)c1. The lowest BCUT2D eigenvalue weighted by atomic mass is 10.1. The van der Waals surface area contributed by atoms with E-state index in [0.717, 1.165) is 11.1 Å². The minimum absolute atomic E-state index is 0.0208. The number of fused-ring (bicyclic) bond motifs is 1. The molecule has 2 aromatic heterocycles. The number of hydrogen-bond donors (Lipinski definition) is 2. The number of carbonyl (C=O) groups excluding carboxylic acids is 1. The smallest absolute Gasteiger partial charge is 0.258 e. The highest BCUT2D eigenvalue weighted by molar-refractivity contribution is 7.71. The second kappa shape index (κ2) is 8.03. The summed E-state index contributed by atoms with van der Waals surface area (Å²) < 4.78 is 2.03. The van der Waals surface area contributed by atoms with E-state index in [9.17, 15) is 9.59 Å². The van der Waals surface area contributed by atoms with Crippen LogP contribution in [0.15, 0.2) is 53.3 Å². The standard InChI is InChI=1S/C21H20N6O2S/c1-13-6-5-7-14(10-13)19-24-25-21(30)27(19)12-18(28)26(2)11-17-22-16-9-4-3-8-15(16)20(29)23-17/h3-10H,11-12H2,1-2H3,(H,25,30)(H,22,23,29). The molecule has 0 atom stereocenters. The zero-order valence-electron chi connectivity index (χ0n) is 16.5. The van der Waals surface area contributed by atoms with Crippen LogP contribution in [0.1, 0.15) is 11.4 Å². The second-order valence-corrected chi connectivity index (χ2v) is 7.47. The van der Waals surface area contributed by atoms with Crippen molar-refractivity contribution < 1.29 is 4.79 Å². The summed E-state index contributed by atoms with van der Waals surface area (Å²) >= 11 is 5.32. The average molecular weight is 420 g/mol. The lowest BCUT2D eigenvalue weighted by molar-refractivity contribution is -0.131. The molecule has 2 aromatic carbocycles. The summed E-state index contributed by atoms with van der Waals surface area (Å²) in [4.78, 5) is 33.8. The van der Waals surface area contributed by atoms with Crippen LogP contribution in [0.3, 0.4) is 0 Å². The highest BCUT2D eigenvalue weighted by atomic mass is 32.1. The molecule has 0 spiro atoms. The first-order valence-corrected chi connectivity index (χ1v) is 9.77. The van der Waals surface area contributed by atoms with Crippen molar-refractivity contribution in [3.63, 3.8) is 0 Å². The fraction of sp³-hybridized carbons (Fsp3) is 0.190. The zero-order valence-corrected chi connectivity index (χ0v) is 17.4. The third-order valence-corrected chi connectivity index (χ3v) is 5.11. The van der Waals surface area contributed by atoms with Gasteiger partial charge in [-0.25, -0.2) is 4.98 Å². The predicted octanol–water partition coefficient (Wildman–Crippen LogP) is 2.81. The Labute approximate surface area is 177 Å². The Balaban J connectivity index is 1.56. The Morgan fingerprint density at radius 2 is 2.00 bits per heavy atom. The van der Waals surface area contributed by atoms with Crippen LogP contribution in [0.5, 0.6) is 0 Å². The molecule has 0 radical (unpaired) electrons. The molecule has 0 aliphatic rings. The maximum atomic E-state index is 12.9. The van der Waals surface area contributed by atoms with Gasteiger partial charge >= 0.3 is 0 Å². The van der Waals surface area contributed by atoms with Crippen LogP contribution in [0.25, 0.3) is 22.3 Å². The molecule has 152 valence electrons.